The van der Waals surface area contributed by atoms with Gasteiger partial charge in [-0.25, -0.2) is 0 Å². The minimum absolute atomic E-state index is 0.0558. The van der Waals surface area contributed by atoms with E-state index in [-0.39, 0.29) is 17.6 Å². The van der Waals surface area contributed by atoms with Crippen LogP contribution < -0.4 is 15.4 Å². The van der Waals surface area contributed by atoms with Gasteiger partial charge in [0.15, 0.2) is 5.96 Å². The van der Waals surface area contributed by atoms with Gasteiger partial charge in [-0.3, -0.25) is 9.79 Å². The maximum absolute atomic E-state index is 12.1. The van der Waals surface area contributed by atoms with Crippen LogP contribution in [0.4, 0.5) is 0 Å². The molecule has 1 spiro atoms. The Kier molecular flexibility index (Phi) is 6.25. The first-order valence-electron chi connectivity index (χ1n) is 12.3. The number of hydrogen-bond acceptors (Lipinski definition) is 3. The molecular weight excluding hydrogens is 412 g/mol. The highest BCUT2D eigenvalue weighted by Gasteiger charge is 2.43. The van der Waals surface area contributed by atoms with Crippen molar-refractivity contribution in [3.05, 3.63) is 65.2 Å². The number of aliphatic imine (C=N–C) groups is 1. The Hall–Kier alpha value is -3.02. The number of benzene rings is 2. The summed E-state index contributed by atoms with van der Waals surface area (Å²) in [6, 6.07) is 16.9. The van der Waals surface area contributed by atoms with Crippen LogP contribution in [0.2, 0.25) is 0 Å². The number of hydrogen-bond donors (Lipinski definition) is 2. The molecule has 6 nitrogen and oxygen atoms in total. The quantitative estimate of drug-likeness (QED) is 0.531. The van der Waals surface area contributed by atoms with E-state index in [2.05, 4.69) is 58.1 Å². The van der Waals surface area contributed by atoms with Gasteiger partial charge < -0.3 is 20.3 Å². The number of para-hydroxylation sites is 1. The lowest BCUT2D eigenvalue weighted by Crippen LogP contribution is -2.46. The van der Waals surface area contributed by atoms with E-state index in [4.69, 9.17) is 4.74 Å². The molecule has 6 heteroatoms. The third kappa shape index (κ3) is 4.70. The van der Waals surface area contributed by atoms with Crippen LogP contribution in [0.25, 0.3) is 0 Å². The maximum Gasteiger partial charge on any atom is 0.222 e. The molecular formula is C27H34N4O2. The molecule has 2 aliphatic heterocycles. The molecule has 0 aromatic heterocycles. The monoisotopic (exact) mass is 446 g/mol. The number of nitrogens with zero attached hydrogens (tertiary/aromatic N) is 2. The number of nitrogens with one attached hydrogen (secondary N) is 2. The fourth-order valence-electron chi connectivity index (χ4n) is 5.57. The Balaban J connectivity index is 1.28. The van der Waals surface area contributed by atoms with Gasteiger partial charge in [0, 0.05) is 45.1 Å². The second-order valence-corrected chi connectivity index (χ2v) is 9.54. The number of fused-ring (bicyclic) bond motifs is 1. The second kappa shape index (κ2) is 9.46. The van der Waals surface area contributed by atoms with Gasteiger partial charge in [0.1, 0.15) is 11.4 Å². The molecule has 0 bridgehead atoms. The lowest BCUT2D eigenvalue weighted by Gasteiger charge is -2.40. The Bertz CT molecular complexity index is 1030. The Morgan fingerprint density at radius 1 is 1.09 bits per heavy atom. The first-order valence-corrected chi connectivity index (χ1v) is 12.3. The lowest BCUT2D eigenvalue weighted by atomic mass is 9.86. The molecule has 2 aromatic rings. The minimum Gasteiger partial charge on any atom is -0.487 e. The molecule has 174 valence electrons. The van der Waals surface area contributed by atoms with Crippen LogP contribution in [-0.2, 0) is 17.9 Å². The third-order valence-corrected chi connectivity index (χ3v) is 7.34. The van der Waals surface area contributed by atoms with Crippen molar-refractivity contribution in [3.63, 3.8) is 0 Å². The van der Waals surface area contributed by atoms with E-state index in [0.717, 1.165) is 43.9 Å². The topological polar surface area (TPSA) is 66.0 Å². The average molecular weight is 447 g/mol. The summed E-state index contributed by atoms with van der Waals surface area (Å²) in [5.41, 5.74) is 3.53. The van der Waals surface area contributed by atoms with E-state index in [1.54, 1.807) is 0 Å². The van der Waals surface area contributed by atoms with Crippen molar-refractivity contribution in [1.82, 2.24) is 15.5 Å². The molecule has 1 atom stereocenters. The van der Waals surface area contributed by atoms with Crippen LogP contribution in [-0.4, -0.2) is 36.0 Å². The van der Waals surface area contributed by atoms with Crippen molar-refractivity contribution in [2.45, 2.75) is 69.7 Å². The van der Waals surface area contributed by atoms with E-state index >= 15 is 0 Å². The fraction of sp³-hybridized carbons (Fsp3) is 0.481. The Labute approximate surface area is 196 Å². The highest BCUT2D eigenvalue weighted by molar-refractivity contribution is 5.80. The summed E-state index contributed by atoms with van der Waals surface area (Å²) < 4.78 is 6.51. The number of likely N-dealkylation sites (tertiary alicyclic amines) is 1. The summed E-state index contributed by atoms with van der Waals surface area (Å²) in [6.45, 7) is 2.20. The van der Waals surface area contributed by atoms with Gasteiger partial charge in [0.05, 0.1) is 6.04 Å². The van der Waals surface area contributed by atoms with Gasteiger partial charge in [-0.2, -0.15) is 0 Å². The fourth-order valence-corrected chi connectivity index (χ4v) is 5.57. The highest BCUT2D eigenvalue weighted by atomic mass is 16.5. The summed E-state index contributed by atoms with van der Waals surface area (Å²) in [6.07, 6.45) is 7.30. The molecule has 1 amide bonds. The van der Waals surface area contributed by atoms with Crippen molar-refractivity contribution in [2.24, 2.45) is 4.99 Å². The summed E-state index contributed by atoms with van der Waals surface area (Å²) in [5, 5.41) is 7.19. The molecule has 1 saturated heterocycles. The zero-order valence-corrected chi connectivity index (χ0v) is 19.5. The van der Waals surface area contributed by atoms with Crippen LogP contribution in [0.1, 0.15) is 67.7 Å². The standard InChI is InChI=1S/C27H34N4O2/c1-28-26(29-18-20-9-2-3-10-21(20)19-31-16-8-13-25(31)32)30-23-17-27(14-6-7-15-27)33-24-12-5-4-11-22(23)24/h2-5,9-12,23H,6-8,13-19H2,1H3,(H2,28,29,30). The van der Waals surface area contributed by atoms with E-state index in [0.29, 0.717) is 19.5 Å². The molecule has 1 unspecified atom stereocenters. The van der Waals surface area contributed by atoms with Crippen LogP contribution in [0.5, 0.6) is 5.75 Å². The van der Waals surface area contributed by atoms with E-state index in [1.165, 1.54) is 29.5 Å². The number of amides is 1. The van der Waals surface area contributed by atoms with Crippen molar-refractivity contribution >= 4 is 11.9 Å². The number of ether oxygens (including phenoxy) is 1. The van der Waals surface area contributed by atoms with Crippen LogP contribution in [0, 0.1) is 0 Å². The van der Waals surface area contributed by atoms with Gasteiger partial charge in [-0.15, -0.1) is 0 Å². The lowest BCUT2D eigenvalue weighted by molar-refractivity contribution is -0.128. The van der Waals surface area contributed by atoms with E-state index in [9.17, 15) is 4.79 Å². The maximum atomic E-state index is 12.1. The molecule has 2 N–H and O–H groups in total. The molecule has 33 heavy (non-hydrogen) atoms. The molecule has 2 fully saturated rings. The number of guanidine groups is 1. The van der Waals surface area contributed by atoms with Gasteiger partial charge in [0.25, 0.3) is 0 Å². The zero-order valence-electron chi connectivity index (χ0n) is 19.5. The van der Waals surface area contributed by atoms with Gasteiger partial charge in [-0.05, 0) is 49.3 Å². The van der Waals surface area contributed by atoms with Gasteiger partial charge in [0.2, 0.25) is 5.91 Å². The second-order valence-electron chi connectivity index (χ2n) is 9.54. The summed E-state index contributed by atoms with van der Waals surface area (Å²) in [4.78, 5) is 18.6. The first-order chi connectivity index (χ1) is 16.2. The average Bonchev–Trinajstić information content (AvgIpc) is 3.46. The molecule has 1 aliphatic carbocycles. The predicted molar refractivity (Wildman–Crippen MR) is 130 cm³/mol. The van der Waals surface area contributed by atoms with Crippen LogP contribution in [0.15, 0.2) is 53.5 Å². The van der Waals surface area contributed by atoms with Crippen molar-refractivity contribution in [2.75, 3.05) is 13.6 Å². The van der Waals surface area contributed by atoms with E-state index < -0.39 is 0 Å². The molecule has 0 radical (unpaired) electrons. The SMILES string of the molecule is CN=C(NCc1ccccc1CN1CCCC1=O)NC1CC2(CCCC2)Oc2ccccc21. The van der Waals surface area contributed by atoms with Crippen molar-refractivity contribution in [1.29, 1.82) is 0 Å². The molecule has 5 rings (SSSR count). The molecule has 3 aliphatic rings. The molecule has 2 heterocycles. The van der Waals surface area contributed by atoms with Crippen LogP contribution >= 0.6 is 0 Å². The van der Waals surface area contributed by atoms with Crippen molar-refractivity contribution < 1.29 is 9.53 Å². The minimum atomic E-state index is -0.0558. The van der Waals surface area contributed by atoms with Gasteiger partial charge in [-0.1, -0.05) is 42.5 Å². The molecule has 2 aromatic carbocycles. The number of carbonyl (C=O) groups is 1. The van der Waals surface area contributed by atoms with Gasteiger partial charge >= 0.3 is 0 Å². The molecule has 1 saturated carbocycles. The first kappa shape index (κ1) is 21.8. The highest BCUT2D eigenvalue weighted by Crippen LogP contribution is 2.46. The summed E-state index contributed by atoms with van der Waals surface area (Å²) in [5.74, 6) is 2.05. The summed E-state index contributed by atoms with van der Waals surface area (Å²) in [7, 11) is 1.82. The smallest absolute Gasteiger partial charge is 0.222 e. The number of carbonyl (C=O) groups excluding carboxylic acids is 1. The predicted octanol–water partition coefficient (Wildman–Crippen LogP) is 4.31. The van der Waals surface area contributed by atoms with Crippen LogP contribution in [0.3, 0.4) is 0 Å². The summed E-state index contributed by atoms with van der Waals surface area (Å²) >= 11 is 0. The largest absolute Gasteiger partial charge is 0.487 e. The third-order valence-electron chi connectivity index (χ3n) is 7.34. The normalized spacial score (nSPS) is 21.7. The zero-order chi connectivity index (χ0) is 22.7. The number of rotatable bonds is 5. The van der Waals surface area contributed by atoms with E-state index in [1.807, 2.05) is 18.0 Å². The van der Waals surface area contributed by atoms with Crippen molar-refractivity contribution in [3.8, 4) is 5.75 Å². The Morgan fingerprint density at radius 3 is 2.61 bits per heavy atom. The Morgan fingerprint density at radius 2 is 1.85 bits per heavy atom.